The highest BCUT2D eigenvalue weighted by Gasteiger charge is 2.31. The molecule has 9 heteroatoms. The summed E-state index contributed by atoms with van der Waals surface area (Å²) in [6.45, 7) is 2.76. The second kappa shape index (κ2) is 7.72. The number of halogens is 4. The molecule has 0 N–H and O–H groups in total. The number of carbonyl (C=O) groups is 1. The van der Waals surface area contributed by atoms with Crippen LogP contribution in [0.1, 0.15) is 41.6 Å². The lowest BCUT2D eigenvalue weighted by Gasteiger charge is -2.29. The molecule has 2 heterocycles. The molecule has 0 atom stereocenters. The number of aryl methyl sites for hydroxylation is 1. The minimum atomic E-state index is -4.47. The third-order valence-electron chi connectivity index (χ3n) is 4.43. The summed E-state index contributed by atoms with van der Waals surface area (Å²) >= 11 is 5.94. The maximum Gasteiger partial charge on any atom is 0.416 e. The van der Waals surface area contributed by atoms with Gasteiger partial charge in [0, 0.05) is 30.1 Å². The lowest BCUT2D eigenvalue weighted by atomic mass is 9.96. The first-order valence-electron chi connectivity index (χ1n) is 8.38. The number of likely N-dealkylation sites (tertiary alicyclic amines) is 1. The van der Waals surface area contributed by atoms with Crippen molar-refractivity contribution >= 4 is 23.6 Å². The molecule has 0 bridgehead atoms. The second-order valence-electron chi connectivity index (χ2n) is 6.35. The summed E-state index contributed by atoms with van der Waals surface area (Å²) in [6, 6.07) is 3.01. The predicted octanol–water partition coefficient (Wildman–Crippen LogP) is 4.47. The number of alkyl halides is 3. The van der Waals surface area contributed by atoms with Gasteiger partial charge in [-0.3, -0.25) is 4.79 Å². The topological polar surface area (TPSA) is 59.2 Å². The summed E-state index contributed by atoms with van der Waals surface area (Å²) < 4.78 is 43.6. The van der Waals surface area contributed by atoms with E-state index in [1.165, 1.54) is 18.2 Å². The van der Waals surface area contributed by atoms with Crippen LogP contribution >= 0.6 is 11.6 Å². The number of nitrogens with zero attached hydrogens (tertiary/aromatic N) is 3. The van der Waals surface area contributed by atoms with Crippen LogP contribution in [0.4, 0.5) is 13.2 Å². The van der Waals surface area contributed by atoms with E-state index in [9.17, 15) is 18.0 Å². The molecule has 0 radical (unpaired) electrons. The molecule has 27 heavy (non-hydrogen) atoms. The van der Waals surface area contributed by atoms with Gasteiger partial charge in [-0.2, -0.15) is 18.2 Å². The average Bonchev–Trinajstić information content (AvgIpc) is 3.06. The Bertz CT molecular complexity index is 856. The smallest absolute Gasteiger partial charge is 0.339 e. The van der Waals surface area contributed by atoms with E-state index < -0.39 is 11.7 Å². The Morgan fingerprint density at radius 3 is 2.63 bits per heavy atom. The van der Waals surface area contributed by atoms with E-state index >= 15 is 0 Å². The van der Waals surface area contributed by atoms with Crippen molar-refractivity contribution in [1.29, 1.82) is 0 Å². The summed E-state index contributed by atoms with van der Waals surface area (Å²) in [5.41, 5.74) is -0.661. The van der Waals surface area contributed by atoms with Crippen LogP contribution in [-0.2, 0) is 11.0 Å². The van der Waals surface area contributed by atoms with E-state index in [0.717, 1.165) is 12.1 Å². The Balaban J connectivity index is 1.63. The summed E-state index contributed by atoms with van der Waals surface area (Å²) in [4.78, 5) is 18.2. The van der Waals surface area contributed by atoms with Gasteiger partial charge in [0.05, 0.1) is 5.56 Å². The van der Waals surface area contributed by atoms with Crippen LogP contribution in [-0.4, -0.2) is 34.0 Å². The van der Waals surface area contributed by atoms with Crippen molar-refractivity contribution in [2.75, 3.05) is 13.1 Å². The molecule has 5 nitrogen and oxygen atoms in total. The van der Waals surface area contributed by atoms with E-state index in [1.54, 1.807) is 11.8 Å². The fourth-order valence-electron chi connectivity index (χ4n) is 2.94. The van der Waals surface area contributed by atoms with E-state index in [0.29, 0.717) is 37.6 Å². The third kappa shape index (κ3) is 4.68. The SMILES string of the molecule is Cc1noc(C2CCN(C(=O)/C=C/c3cc(C(F)(F)F)ccc3Cl)CC2)n1. The molecular formula is C18H17ClF3N3O2. The zero-order valence-corrected chi connectivity index (χ0v) is 15.2. The number of rotatable bonds is 3. The van der Waals surface area contributed by atoms with Crippen LogP contribution in [0.3, 0.4) is 0 Å². The molecule has 2 aromatic rings. The molecule has 1 amide bonds. The Hall–Kier alpha value is -2.35. The molecule has 144 valence electrons. The highest BCUT2D eigenvalue weighted by molar-refractivity contribution is 6.32. The molecular weight excluding hydrogens is 383 g/mol. The zero-order chi connectivity index (χ0) is 19.6. The fourth-order valence-corrected chi connectivity index (χ4v) is 3.12. The summed E-state index contributed by atoms with van der Waals surface area (Å²) in [6.07, 6.45) is -0.533. The lowest BCUT2D eigenvalue weighted by molar-refractivity contribution is -0.137. The van der Waals surface area contributed by atoms with Crippen molar-refractivity contribution in [2.24, 2.45) is 0 Å². The van der Waals surface area contributed by atoms with Gasteiger partial charge < -0.3 is 9.42 Å². The van der Waals surface area contributed by atoms with E-state index in [1.807, 2.05) is 0 Å². The zero-order valence-electron chi connectivity index (χ0n) is 14.5. The van der Waals surface area contributed by atoms with Crippen molar-refractivity contribution in [2.45, 2.75) is 31.9 Å². The number of aromatic nitrogens is 2. The van der Waals surface area contributed by atoms with E-state index in [2.05, 4.69) is 10.1 Å². The molecule has 0 spiro atoms. The van der Waals surface area contributed by atoms with Gasteiger partial charge in [-0.1, -0.05) is 16.8 Å². The second-order valence-corrected chi connectivity index (χ2v) is 6.75. The number of hydrogen-bond donors (Lipinski definition) is 0. The molecule has 0 saturated carbocycles. The molecule has 1 fully saturated rings. The number of carbonyl (C=O) groups excluding carboxylic acids is 1. The Morgan fingerprint density at radius 1 is 1.33 bits per heavy atom. The van der Waals surface area contributed by atoms with Gasteiger partial charge in [0.1, 0.15) is 0 Å². The van der Waals surface area contributed by atoms with Gasteiger partial charge in [-0.15, -0.1) is 0 Å². The molecule has 3 rings (SSSR count). The molecule has 1 aromatic carbocycles. The van der Waals surface area contributed by atoms with E-state index in [4.69, 9.17) is 16.1 Å². The standard InChI is InChI=1S/C18H17ClF3N3O2/c1-11-23-17(27-24-11)12-6-8-25(9-7-12)16(26)5-2-13-10-14(18(20,21)22)3-4-15(13)19/h2-5,10,12H,6-9H2,1H3/b5-2+. The minimum absolute atomic E-state index is 0.108. The number of amides is 1. The van der Waals surface area contributed by atoms with E-state index in [-0.39, 0.29) is 22.4 Å². The summed E-state index contributed by atoms with van der Waals surface area (Å²) in [5.74, 6) is 0.982. The quantitative estimate of drug-likeness (QED) is 0.714. The van der Waals surface area contributed by atoms with Gasteiger partial charge in [0.15, 0.2) is 5.82 Å². The van der Waals surface area contributed by atoms with Crippen molar-refractivity contribution < 1.29 is 22.5 Å². The fraction of sp³-hybridized carbons (Fsp3) is 0.389. The summed E-state index contributed by atoms with van der Waals surface area (Å²) in [5, 5.41) is 3.92. The molecule has 0 unspecified atom stereocenters. The van der Waals surface area contributed by atoms with Gasteiger partial charge in [-0.25, -0.2) is 0 Å². The van der Waals surface area contributed by atoms with Crippen LogP contribution in [0.15, 0.2) is 28.8 Å². The van der Waals surface area contributed by atoms with Crippen LogP contribution in [0.25, 0.3) is 6.08 Å². The van der Waals surface area contributed by atoms with Crippen molar-refractivity contribution in [3.05, 3.63) is 52.1 Å². The van der Waals surface area contributed by atoms with Crippen LogP contribution in [0.5, 0.6) is 0 Å². The predicted molar refractivity (Wildman–Crippen MR) is 93.1 cm³/mol. The van der Waals surface area contributed by atoms with Crippen molar-refractivity contribution in [3.8, 4) is 0 Å². The molecule has 1 aliphatic rings. The minimum Gasteiger partial charge on any atom is -0.339 e. The van der Waals surface area contributed by atoms with Crippen molar-refractivity contribution in [1.82, 2.24) is 15.0 Å². The number of benzene rings is 1. The van der Waals surface area contributed by atoms with Crippen LogP contribution in [0, 0.1) is 6.92 Å². The molecule has 0 aliphatic carbocycles. The Labute approximate surface area is 158 Å². The Morgan fingerprint density at radius 2 is 2.04 bits per heavy atom. The first-order chi connectivity index (χ1) is 12.7. The first-order valence-corrected chi connectivity index (χ1v) is 8.76. The first kappa shape index (κ1) is 19.4. The van der Waals surface area contributed by atoms with Gasteiger partial charge in [-0.05, 0) is 49.6 Å². The monoisotopic (exact) mass is 399 g/mol. The molecule has 1 aliphatic heterocycles. The maximum absolute atomic E-state index is 12.8. The Kier molecular flexibility index (Phi) is 5.55. The summed E-state index contributed by atoms with van der Waals surface area (Å²) in [7, 11) is 0. The number of hydrogen-bond acceptors (Lipinski definition) is 4. The normalized spacial score (nSPS) is 16.3. The van der Waals surface area contributed by atoms with Gasteiger partial charge >= 0.3 is 6.18 Å². The average molecular weight is 400 g/mol. The maximum atomic E-state index is 12.8. The number of piperidine rings is 1. The largest absolute Gasteiger partial charge is 0.416 e. The van der Waals surface area contributed by atoms with Crippen molar-refractivity contribution in [3.63, 3.8) is 0 Å². The highest BCUT2D eigenvalue weighted by Crippen LogP contribution is 2.32. The lowest BCUT2D eigenvalue weighted by Crippen LogP contribution is -2.36. The molecule has 1 aromatic heterocycles. The van der Waals surface area contributed by atoms with Crippen LogP contribution in [0.2, 0.25) is 5.02 Å². The third-order valence-corrected chi connectivity index (χ3v) is 4.77. The van der Waals surface area contributed by atoms with Gasteiger partial charge in [0.25, 0.3) is 0 Å². The highest BCUT2D eigenvalue weighted by atomic mass is 35.5. The van der Waals surface area contributed by atoms with Crippen LogP contribution < -0.4 is 0 Å². The molecule has 1 saturated heterocycles. The van der Waals surface area contributed by atoms with Gasteiger partial charge in [0.2, 0.25) is 11.8 Å².